The van der Waals surface area contributed by atoms with Crippen molar-refractivity contribution in [2.24, 2.45) is 0 Å². The molecule has 5 heteroatoms. The lowest BCUT2D eigenvalue weighted by Gasteiger charge is -2.12. The Morgan fingerprint density at radius 2 is 2.05 bits per heavy atom. The molecule has 0 spiro atoms. The Hall–Kier alpha value is -0.550. The van der Waals surface area contributed by atoms with Crippen LogP contribution in [-0.2, 0) is 0 Å². The molecule has 0 heterocycles. The van der Waals surface area contributed by atoms with Crippen LogP contribution in [0.4, 0.5) is 4.39 Å². The molecule has 1 N–H and O–H groups in total. The summed E-state index contributed by atoms with van der Waals surface area (Å²) in [7, 11) is 0. The van der Waals surface area contributed by atoms with Gasteiger partial charge in [0.05, 0.1) is 6.10 Å². The van der Waals surface area contributed by atoms with Gasteiger partial charge in [-0.05, 0) is 35.9 Å². The average molecular weight is 362 g/mol. The summed E-state index contributed by atoms with van der Waals surface area (Å²) >= 11 is 10.7. The molecule has 0 saturated heterocycles. The smallest absolute Gasteiger partial charge is 0.124 e. The second kappa shape index (κ2) is 6.75. The molecular weight excluding hydrogens is 351 g/mol. The average Bonchev–Trinajstić information content (AvgIpc) is 2.36. The molecular formula is C14H11BrClFOS. The number of benzene rings is 2. The minimum Gasteiger partial charge on any atom is -0.387 e. The van der Waals surface area contributed by atoms with E-state index in [0.717, 1.165) is 4.90 Å². The zero-order chi connectivity index (χ0) is 13.8. The minimum atomic E-state index is -0.668. The maximum atomic E-state index is 13.0. The third-order valence-corrected chi connectivity index (χ3v) is 4.52. The third-order valence-electron chi connectivity index (χ3n) is 2.53. The molecule has 0 radical (unpaired) electrons. The van der Waals surface area contributed by atoms with Crippen molar-refractivity contribution in [3.8, 4) is 0 Å². The standard InChI is InChI=1S/C14H11BrClFOS/c15-13-7-10(17)4-5-12(13)14(18)8-19-11-3-1-2-9(16)6-11/h1-7,14,18H,8H2. The van der Waals surface area contributed by atoms with E-state index in [0.29, 0.717) is 20.8 Å². The molecule has 19 heavy (non-hydrogen) atoms. The first-order chi connectivity index (χ1) is 9.06. The van der Waals surface area contributed by atoms with Gasteiger partial charge in [-0.1, -0.05) is 39.7 Å². The highest BCUT2D eigenvalue weighted by Gasteiger charge is 2.12. The van der Waals surface area contributed by atoms with Crippen molar-refractivity contribution in [1.29, 1.82) is 0 Å². The number of aliphatic hydroxyl groups excluding tert-OH is 1. The summed E-state index contributed by atoms with van der Waals surface area (Å²) in [5.74, 6) is 0.148. The van der Waals surface area contributed by atoms with Crippen molar-refractivity contribution < 1.29 is 9.50 Å². The maximum absolute atomic E-state index is 13.0. The second-order valence-corrected chi connectivity index (χ2v) is 6.33. The Kier molecular flexibility index (Phi) is 5.28. The molecule has 2 aromatic carbocycles. The number of rotatable bonds is 4. The summed E-state index contributed by atoms with van der Waals surface area (Å²) in [6, 6.07) is 11.7. The van der Waals surface area contributed by atoms with Gasteiger partial charge in [-0.15, -0.1) is 11.8 Å². The Morgan fingerprint density at radius 1 is 1.26 bits per heavy atom. The van der Waals surface area contributed by atoms with Crippen molar-refractivity contribution in [3.05, 3.63) is 63.3 Å². The fourth-order valence-corrected chi connectivity index (χ4v) is 3.38. The van der Waals surface area contributed by atoms with Crippen LogP contribution in [0.3, 0.4) is 0 Å². The zero-order valence-electron chi connectivity index (χ0n) is 9.82. The van der Waals surface area contributed by atoms with Crippen LogP contribution in [0, 0.1) is 5.82 Å². The summed E-state index contributed by atoms with van der Waals surface area (Å²) in [4.78, 5) is 0.991. The molecule has 2 aromatic rings. The molecule has 1 nitrogen and oxygen atoms in total. The van der Waals surface area contributed by atoms with Crippen LogP contribution in [0.5, 0.6) is 0 Å². The van der Waals surface area contributed by atoms with Gasteiger partial charge in [-0.25, -0.2) is 4.39 Å². The van der Waals surface area contributed by atoms with E-state index < -0.39 is 6.10 Å². The quantitative estimate of drug-likeness (QED) is 0.767. The molecule has 0 aromatic heterocycles. The van der Waals surface area contributed by atoms with Crippen molar-refractivity contribution in [3.63, 3.8) is 0 Å². The van der Waals surface area contributed by atoms with E-state index in [2.05, 4.69) is 15.9 Å². The van der Waals surface area contributed by atoms with Crippen molar-refractivity contribution >= 4 is 39.3 Å². The van der Waals surface area contributed by atoms with E-state index in [1.54, 1.807) is 12.1 Å². The first-order valence-corrected chi connectivity index (χ1v) is 7.73. The Bertz CT molecular complexity index is 579. The van der Waals surface area contributed by atoms with E-state index in [4.69, 9.17) is 11.6 Å². The predicted octanol–water partition coefficient (Wildman–Crippen LogP) is 5.07. The lowest BCUT2D eigenvalue weighted by molar-refractivity contribution is 0.203. The SMILES string of the molecule is OC(CSc1cccc(Cl)c1)c1ccc(F)cc1Br. The topological polar surface area (TPSA) is 20.2 Å². The van der Waals surface area contributed by atoms with E-state index in [-0.39, 0.29) is 5.82 Å². The number of halogens is 3. The van der Waals surface area contributed by atoms with Gasteiger partial charge in [-0.2, -0.15) is 0 Å². The van der Waals surface area contributed by atoms with Gasteiger partial charge in [0, 0.05) is 20.1 Å². The molecule has 100 valence electrons. The van der Waals surface area contributed by atoms with Crippen LogP contribution in [-0.4, -0.2) is 10.9 Å². The summed E-state index contributed by atoms with van der Waals surface area (Å²) in [5, 5.41) is 10.8. The monoisotopic (exact) mass is 360 g/mol. The fraction of sp³-hybridized carbons (Fsp3) is 0.143. The lowest BCUT2D eigenvalue weighted by atomic mass is 10.1. The second-order valence-electron chi connectivity index (χ2n) is 3.95. The summed E-state index contributed by atoms with van der Waals surface area (Å²) in [6.07, 6.45) is -0.668. The van der Waals surface area contributed by atoms with Gasteiger partial charge in [-0.3, -0.25) is 0 Å². The molecule has 0 saturated carbocycles. The highest BCUT2D eigenvalue weighted by atomic mass is 79.9. The summed E-state index contributed by atoms with van der Waals surface area (Å²) < 4.78 is 13.6. The normalized spacial score (nSPS) is 12.4. The van der Waals surface area contributed by atoms with Gasteiger partial charge in [0.2, 0.25) is 0 Å². The van der Waals surface area contributed by atoms with Crippen LogP contribution in [0.15, 0.2) is 51.8 Å². The molecule has 2 rings (SSSR count). The van der Waals surface area contributed by atoms with Gasteiger partial charge < -0.3 is 5.11 Å². The van der Waals surface area contributed by atoms with E-state index in [1.165, 1.54) is 23.9 Å². The molecule has 0 fully saturated rings. The highest BCUT2D eigenvalue weighted by molar-refractivity contribution is 9.10. The lowest BCUT2D eigenvalue weighted by Crippen LogP contribution is -2.01. The number of aliphatic hydroxyl groups is 1. The van der Waals surface area contributed by atoms with Gasteiger partial charge in [0.15, 0.2) is 0 Å². The van der Waals surface area contributed by atoms with Gasteiger partial charge >= 0.3 is 0 Å². The molecule has 0 aliphatic carbocycles. The van der Waals surface area contributed by atoms with Crippen LogP contribution in [0.1, 0.15) is 11.7 Å². The molecule has 1 atom stereocenters. The van der Waals surface area contributed by atoms with Crippen LogP contribution in [0.2, 0.25) is 5.02 Å². The Labute approximate surface area is 128 Å². The highest BCUT2D eigenvalue weighted by Crippen LogP contribution is 2.30. The fourth-order valence-electron chi connectivity index (χ4n) is 1.59. The van der Waals surface area contributed by atoms with Crippen LogP contribution >= 0.6 is 39.3 Å². The number of thioether (sulfide) groups is 1. The van der Waals surface area contributed by atoms with Gasteiger partial charge in [0.1, 0.15) is 5.82 Å². The first kappa shape index (κ1) is 14.9. The van der Waals surface area contributed by atoms with Gasteiger partial charge in [0.25, 0.3) is 0 Å². The maximum Gasteiger partial charge on any atom is 0.124 e. The minimum absolute atomic E-state index is 0.328. The summed E-state index contributed by atoms with van der Waals surface area (Å²) in [6.45, 7) is 0. The van der Waals surface area contributed by atoms with E-state index >= 15 is 0 Å². The molecule has 0 bridgehead atoms. The zero-order valence-corrected chi connectivity index (χ0v) is 13.0. The third kappa shape index (κ3) is 4.21. The number of hydrogen-bond donors (Lipinski definition) is 1. The first-order valence-electron chi connectivity index (χ1n) is 5.57. The number of hydrogen-bond acceptors (Lipinski definition) is 2. The Balaban J connectivity index is 2.03. The molecule has 0 aliphatic heterocycles. The molecule has 0 amide bonds. The van der Waals surface area contributed by atoms with Crippen molar-refractivity contribution in [1.82, 2.24) is 0 Å². The van der Waals surface area contributed by atoms with E-state index in [1.807, 2.05) is 18.2 Å². The Morgan fingerprint density at radius 3 is 2.74 bits per heavy atom. The van der Waals surface area contributed by atoms with E-state index in [9.17, 15) is 9.50 Å². The molecule has 1 unspecified atom stereocenters. The van der Waals surface area contributed by atoms with Crippen LogP contribution in [0.25, 0.3) is 0 Å². The largest absolute Gasteiger partial charge is 0.387 e. The summed E-state index contributed by atoms with van der Waals surface area (Å²) in [5.41, 5.74) is 0.677. The molecule has 0 aliphatic rings. The van der Waals surface area contributed by atoms with Crippen molar-refractivity contribution in [2.45, 2.75) is 11.0 Å². The predicted molar refractivity (Wildman–Crippen MR) is 81.2 cm³/mol. The van der Waals surface area contributed by atoms with Crippen molar-refractivity contribution in [2.75, 3.05) is 5.75 Å². The van der Waals surface area contributed by atoms with Crippen LogP contribution < -0.4 is 0 Å².